The summed E-state index contributed by atoms with van der Waals surface area (Å²) in [6.45, 7) is 4.41. The summed E-state index contributed by atoms with van der Waals surface area (Å²) in [6.07, 6.45) is 0.878. The number of hydrogen-bond donors (Lipinski definition) is 2. The van der Waals surface area contributed by atoms with Crippen molar-refractivity contribution in [1.29, 1.82) is 0 Å². The fourth-order valence-electron chi connectivity index (χ4n) is 3.30. The lowest BCUT2D eigenvalue weighted by Gasteiger charge is -2.14. The first-order valence-corrected chi connectivity index (χ1v) is 10.4. The maximum Gasteiger partial charge on any atom is 0.278 e. The number of amides is 3. The first-order valence-electron chi connectivity index (χ1n) is 10.4. The van der Waals surface area contributed by atoms with Gasteiger partial charge in [0.05, 0.1) is 25.3 Å². The summed E-state index contributed by atoms with van der Waals surface area (Å²) in [7, 11) is 1.51. The molecular weight excluding hydrogens is 410 g/mol. The van der Waals surface area contributed by atoms with Crippen LogP contribution in [0.1, 0.15) is 25.8 Å². The minimum Gasteiger partial charge on any atom is -0.494 e. The molecule has 1 heterocycles. The van der Waals surface area contributed by atoms with Gasteiger partial charge in [0, 0.05) is 31.5 Å². The Morgan fingerprint density at radius 2 is 1.75 bits per heavy atom. The molecule has 32 heavy (non-hydrogen) atoms. The van der Waals surface area contributed by atoms with Crippen LogP contribution in [0.15, 0.2) is 54.2 Å². The molecule has 3 amide bonds. The standard InChI is InChI=1S/C24H27N3O5/c1-4-13-32-20-7-5-6-19(15-20)26-22-21(23(29)27(24(22)30)12-14-31-3)17-8-10-18(11-9-17)25-16(2)28/h5-11,15,26H,4,12-14H2,1-3H3,(H,25,28). The molecule has 3 rings (SSSR count). The molecule has 2 aromatic carbocycles. The molecule has 8 nitrogen and oxygen atoms in total. The minimum atomic E-state index is -0.423. The first kappa shape index (κ1) is 23.0. The number of carbonyl (C=O) groups is 3. The average molecular weight is 437 g/mol. The summed E-state index contributed by atoms with van der Waals surface area (Å²) in [4.78, 5) is 38.7. The Hall–Kier alpha value is -3.65. The molecule has 0 fully saturated rings. The van der Waals surface area contributed by atoms with Crippen molar-refractivity contribution in [2.24, 2.45) is 0 Å². The van der Waals surface area contributed by atoms with E-state index < -0.39 is 11.8 Å². The van der Waals surface area contributed by atoms with Crippen LogP contribution in [-0.4, -0.2) is 49.5 Å². The van der Waals surface area contributed by atoms with Gasteiger partial charge in [-0.2, -0.15) is 0 Å². The van der Waals surface area contributed by atoms with Crippen molar-refractivity contribution >= 4 is 34.7 Å². The average Bonchev–Trinajstić information content (AvgIpc) is 3.00. The van der Waals surface area contributed by atoms with Gasteiger partial charge in [0.15, 0.2) is 0 Å². The normalized spacial score (nSPS) is 13.5. The topological polar surface area (TPSA) is 97.0 Å². The summed E-state index contributed by atoms with van der Waals surface area (Å²) < 4.78 is 10.7. The summed E-state index contributed by atoms with van der Waals surface area (Å²) in [5.74, 6) is -0.345. The Balaban J connectivity index is 1.96. The van der Waals surface area contributed by atoms with Gasteiger partial charge in [0.1, 0.15) is 11.4 Å². The van der Waals surface area contributed by atoms with Crippen molar-refractivity contribution in [2.45, 2.75) is 20.3 Å². The summed E-state index contributed by atoms with van der Waals surface area (Å²) in [5, 5.41) is 5.81. The maximum atomic E-state index is 13.2. The lowest BCUT2D eigenvalue weighted by molar-refractivity contribution is -0.137. The molecule has 0 radical (unpaired) electrons. The van der Waals surface area contributed by atoms with Crippen molar-refractivity contribution in [2.75, 3.05) is 37.5 Å². The zero-order valence-electron chi connectivity index (χ0n) is 18.4. The molecule has 8 heteroatoms. The van der Waals surface area contributed by atoms with Gasteiger partial charge >= 0.3 is 0 Å². The number of rotatable bonds is 10. The fraction of sp³-hybridized carbons (Fsp3) is 0.292. The number of ether oxygens (including phenoxy) is 2. The van der Waals surface area contributed by atoms with Gasteiger partial charge < -0.3 is 20.1 Å². The number of nitrogens with zero attached hydrogens (tertiary/aromatic N) is 1. The number of benzene rings is 2. The van der Waals surface area contributed by atoms with Crippen LogP contribution in [0.25, 0.3) is 5.57 Å². The molecule has 0 atom stereocenters. The number of imide groups is 1. The predicted molar refractivity (Wildman–Crippen MR) is 122 cm³/mol. The third-order valence-corrected chi connectivity index (χ3v) is 4.76. The Bertz CT molecular complexity index is 1030. The molecule has 0 saturated carbocycles. The van der Waals surface area contributed by atoms with Crippen LogP contribution in [0, 0.1) is 0 Å². The van der Waals surface area contributed by atoms with Crippen molar-refractivity contribution < 1.29 is 23.9 Å². The van der Waals surface area contributed by atoms with Crippen LogP contribution in [-0.2, 0) is 19.1 Å². The number of hydrogen-bond acceptors (Lipinski definition) is 6. The van der Waals surface area contributed by atoms with E-state index in [1.807, 2.05) is 19.1 Å². The zero-order valence-corrected chi connectivity index (χ0v) is 18.4. The van der Waals surface area contributed by atoms with Crippen molar-refractivity contribution in [1.82, 2.24) is 4.90 Å². The number of methoxy groups -OCH3 is 1. The fourth-order valence-corrected chi connectivity index (χ4v) is 3.30. The van der Waals surface area contributed by atoms with Crippen LogP contribution >= 0.6 is 0 Å². The van der Waals surface area contributed by atoms with Gasteiger partial charge in [-0.1, -0.05) is 25.1 Å². The van der Waals surface area contributed by atoms with Crippen molar-refractivity contribution in [3.05, 3.63) is 59.8 Å². The third kappa shape index (κ3) is 5.33. The van der Waals surface area contributed by atoms with Gasteiger partial charge in [0.25, 0.3) is 11.8 Å². The number of anilines is 2. The molecule has 2 N–H and O–H groups in total. The van der Waals surface area contributed by atoms with Crippen LogP contribution in [0.2, 0.25) is 0 Å². The number of nitrogens with one attached hydrogen (secondary N) is 2. The molecule has 0 saturated heterocycles. The molecule has 0 unspecified atom stereocenters. The van der Waals surface area contributed by atoms with Gasteiger partial charge in [-0.25, -0.2) is 0 Å². The summed E-state index contributed by atoms with van der Waals surface area (Å²) >= 11 is 0. The molecule has 1 aliphatic heterocycles. The quantitative estimate of drug-likeness (QED) is 0.554. The van der Waals surface area contributed by atoms with Crippen molar-refractivity contribution in [3.8, 4) is 5.75 Å². The first-order chi connectivity index (χ1) is 15.4. The van der Waals surface area contributed by atoms with Gasteiger partial charge in [-0.15, -0.1) is 0 Å². The SMILES string of the molecule is CCCOc1cccc(NC2=C(c3ccc(NC(C)=O)cc3)C(=O)N(CCOC)C2=O)c1. The maximum absolute atomic E-state index is 13.2. The molecule has 1 aliphatic rings. The molecule has 2 aromatic rings. The second-order valence-corrected chi connectivity index (χ2v) is 7.26. The molecule has 168 valence electrons. The predicted octanol–water partition coefficient (Wildman–Crippen LogP) is 3.27. The molecule has 0 bridgehead atoms. The smallest absolute Gasteiger partial charge is 0.278 e. The Morgan fingerprint density at radius 1 is 1.00 bits per heavy atom. The molecule has 0 aliphatic carbocycles. The van der Waals surface area contributed by atoms with E-state index in [4.69, 9.17) is 9.47 Å². The molecule has 0 spiro atoms. The van der Waals surface area contributed by atoms with Crippen LogP contribution in [0.5, 0.6) is 5.75 Å². The second-order valence-electron chi connectivity index (χ2n) is 7.26. The van der Waals surface area contributed by atoms with E-state index in [0.29, 0.717) is 29.3 Å². The highest BCUT2D eigenvalue weighted by atomic mass is 16.5. The number of carbonyl (C=O) groups excluding carboxylic acids is 3. The van der Waals surface area contributed by atoms with E-state index >= 15 is 0 Å². The molecule has 0 aromatic heterocycles. The van der Waals surface area contributed by atoms with Gasteiger partial charge in [0.2, 0.25) is 5.91 Å². The van der Waals surface area contributed by atoms with Crippen LogP contribution < -0.4 is 15.4 Å². The highest BCUT2D eigenvalue weighted by molar-refractivity contribution is 6.36. The second kappa shape index (κ2) is 10.6. The summed E-state index contributed by atoms with van der Waals surface area (Å²) in [6, 6.07) is 14.0. The Morgan fingerprint density at radius 3 is 2.41 bits per heavy atom. The largest absolute Gasteiger partial charge is 0.494 e. The highest BCUT2D eigenvalue weighted by Crippen LogP contribution is 2.31. The monoisotopic (exact) mass is 437 g/mol. The summed E-state index contributed by atoms with van der Waals surface area (Å²) in [5.41, 5.74) is 2.26. The third-order valence-electron chi connectivity index (χ3n) is 4.76. The minimum absolute atomic E-state index is 0.145. The molecular formula is C24H27N3O5. The lowest BCUT2D eigenvalue weighted by Crippen LogP contribution is -2.35. The van der Waals surface area contributed by atoms with E-state index in [1.54, 1.807) is 36.4 Å². The van der Waals surface area contributed by atoms with E-state index in [9.17, 15) is 14.4 Å². The Labute approximate surface area is 187 Å². The van der Waals surface area contributed by atoms with Gasteiger partial charge in [-0.3, -0.25) is 19.3 Å². The van der Waals surface area contributed by atoms with E-state index in [2.05, 4.69) is 10.6 Å². The van der Waals surface area contributed by atoms with E-state index in [-0.39, 0.29) is 30.3 Å². The van der Waals surface area contributed by atoms with Crippen LogP contribution in [0.4, 0.5) is 11.4 Å². The van der Waals surface area contributed by atoms with Crippen molar-refractivity contribution in [3.63, 3.8) is 0 Å². The van der Waals surface area contributed by atoms with E-state index in [1.165, 1.54) is 18.9 Å². The lowest BCUT2D eigenvalue weighted by atomic mass is 10.0. The van der Waals surface area contributed by atoms with Gasteiger partial charge in [-0.05, 0) is 36.2 Å². The van der Waals surface area contributed by atoms with E-state index in [0.717, 1.165) is 6.42 Å². The highest BCUT2D eigenvalue weighted by Gasteiger charge is 2.39. The zero-order chi connectivity index (χ0) is 23.1. The van der Waals surface area contributed by atoms with Crippen LogP contribution in [0.3, 0.4) is 0 Å². The Kier molecular flexibility index (Phi) is 7.62.